The fourth-order valence-corrected chi connectivity index (χ4v) is 0.938. The first-order valence-corrected chi connectivity index (χ1v) is 4.14. The van der Waals surface area contributed by atoms with Crippen molar-refractivity contribution in [2.24, 2.45) is 0 Å². The van der Waals surface area contributed by atoms with E-state index in [4.69, 9.17) is 4.74 Å². The van der Waals surface area contributed by atoms with Crippen LogP contribution in [0.2, 0.25) is 0 Å². The second kappa shape index (κ2) is 4.75. The quantitative estimate of drug-likeness (QED) is 0.671. The molecule has 0 spiro atoms. The number of rotatable bonds is 4. The van der Waals surface area contributed by atoms with Gasteiger partial charge < -0.3 is 4.74 Å². The minimum Gasteiger partial charge on any atom is -0.494 e. The minimum absolute atomic E-state index is 0.427. The van der Waals surface area contributed by atoms with Crippen molar-refractivity contribution < 1.29 is 9.13 Å². The Morgan fingerprint density at radius 1 is 1.42 bits per heavy atom. The maximum absolute atomic E-state index is 12.2. The number of hydrogen-bond acceptors (Lipinski definition) is 1. The van der Waals surface area contributed by atoms with Crippen LogP contribution in [-0.4, -0.2) is 6.61 Å². The fourth-order valence-electron chi connectivity index (χ4n) is 0.938. The second-order valence-electron chi connectivity index (χ2n) is 2.63. The van der Waals surface area contributed by atoms with Crippen molar-refractivity contribution in [3.05, 3.63) is 29.8 Å². The predicted molar refractivity (Wildman–Crippen MR) is 47.0 cm³/mol. The molecule has 0 amide bonds. The summed E-state index contributed by atoms with van der Waals surface area (Å²) in [5.41, 5.74) is 0.670. The second-order valence-corrected chi connectivity index (χ2v) is 2.63. The zero-order valence-corrected chi connectivity index (χ0v) is 7.22. The van der Waals surface area contributed by atoms with Gasteiger partial charge in [0.2, 0.25) is 0 Å². The smallest absolute Gasteiger partial charge is 0.119 e. The fraction of sp³-hybridized carbons (Fsp3) is 0.400. The zero-order valence-electron chi connectivity index (χ0n) is 7.22. The van der Waals surface area contributed by atoms with Crippen molar-refractivity contribution in [1.82, 2.24) is 0 Å². The van der Waals surface area contributed by atoms with Crippen LogP contribution in [0.15, 0.2) is 24.3 Å². The molecule has 0 atom stereocenters. The molecular weight excluding hydrogens is 155 g/mol. The van der Waals surface area contributed by atoms with Crippen LogP contribution in [0.25, 0.3) is 0 Å². The maximum Gasteiger partial charge on any atom is 0.119 e. The van der Waals surface area contributed by atoms with Crippen molar-refractivity contribution in [2.45, 2.75) is 20.0 Å². The lowest BCUT2D eigenvalue weighted by Crippen LogP contribution is -1.94. The van der Waals surface area contributed by atoms with Crippen LogP contribution < -0.4 is 4.74 Å². The molecule has 0 aromatic heterocycles. The van der Waals surface area contributed by atoms with Crippen LogP contribution in [0.5, 0.6) is 5.75 Å². The van der Waals surface area contributed by atoms with Crippen LogP contribution in [0.4, 0.5) is 4.39 Å². The lowest BCUT2D eigenvalue weighted by Gasteiger charge is -2.04. The Bertz CT molecular complexity index is 235. The maximum atomic E-state index is 12.2. The van der Waals surface area contributed by atoms with Gasteiger partial charge in [0.05, 0.1) is 6.61 Å². The number of benzene rings is 1. The van der Waals surface area contributed by atoms with Crippen molar-refractivity contribution in [1.29, 1.82) is 0 Å². The molecule has 0 bridgehead atoms. The van der Waals surface area contributed by atoms with E-state index in [9.17, 15) is 4.39 Å². The van der Waals surface area contributed by atoms with Crippen LogP contribution in [0, 0.1) is 0 Å². The van der Waals surface area contributed by atoms with E-state index >= 15 is 0 Å². The highest BCUT2D eigenvalue weighted by Crippen LogP contribution is 2.13. The largest absolute Gasteiger partial charge is 0.494 e. The van der Waals surface area contributed by atoms with E-state index in [1.165, 1.54) is 0 Å². The van der Waals surface area contributed by atoms with E-state index in [0.717, 1.165) is 12.2 Å². The van der Waals surface area contributed by atoms with E-state index in [0.29, 0.717) is 12.2 Å². The Labute approximate surface area is 72.2 Å². The van der Waals surface area contributed by atoms with Crippen molar-refractivity contribution in [3.8, 4) is 5.75 Å². The summed E-state index contributed by atoms with van der Waals surface area (Å²) in [6, 6.07) is 7.13. The van der Waals surface area contributed by atoms with Crippen molar-refractivity contribution in [3.63, 3.8) is 0 Å². The Morgan fingerprint density at radius 2 is 2.25 bits per heavy atom. The molecule has 0 N–H and O–H groups in total. The molecule has 2 heteroatoms. The summed E-state index contributed by atoms with van der Waals surface area (Å²) in [5, 5.41) is 0. The third kappa shape index (κ3) is 2.53. The van der Waals surface area contributed by atoms with Gasteiger partial charge in [0.15, 0.2) is 0 Å². The van der Waals surface area contributed by atoms with E-state index in [1.54, 1.807) is 18.2 Å². The van der Waals surface area contributed by atoms with Crippen LogP contribution in [0.3, 0.4) is 0 Å². The topological polar surface area (TPSA) is 9.23 Å². The first-order valence-electron chi connectivity index (χ1n) is 4.14. The molecule has 0 aliphatic carbocycles. The summed E-state index contributed by atoms with van der Waals surface area (Å²) in [6.45, 7) is 2.30. The van der Waals surface area contributed by atoms with Crippen molar-refractivity contribution >= 4 is 0 Å². The van der Waals surface area contributed by atoms with Crippen molar-refractivity contribution in [2.75, 3.05) is 6.61 Å². The summed E-state index contributed by atoms with van der Waals surface area (Å²) in [6.07, 6.45) is 0.972. The van der Waals surface area contributed by atoms with Gasteiger partial charge in [0.25, 0.3) is 0 Å². The van der Waals surface area contributed by atoms with Gasteiger partial charge in [0.1, 0.15) is 12.4 Å². The molecular formula is C10H13FO. The number of halogens is 1. The highest BCUT2D eigenvalue weighted by Gasteiger charge is 1.94. The molecule has 0 saturated carbocycles. The molecule has 0 aliphatic heterocycles. The average Bonchev–Trinajstić information content (AvgIpc) is 2.15. The lowest BCUT2D eigenvalue weighted by molar-refractivity contribution is 0.316. The SMILES string of the molecule is CCCOc1cccc(CF)c1. The standard InChI is InChI=1S/C10H13FO/c1-2-6-12-10-5-3-4-9(7-10)8-11/h3-5,7H,2,6,8H2,1H3. The molecule has 1 aromatic rings. The number of hydrogen-bond donors (Lipinski definition) is 0. The molecule has 0 unspecified atom stereocenters. The minimum atomic E-state index is -0.427. The van der Waals surface area contributed by atoms with E-state index in [1.807, 2.05) is 13.0 Å². The van der Waals surface area contributed by atoms with Crippen LogP contribution in [0.1, 0.15) is 18.9 Å². The summed E-state index contributed by atoms with van der Waals surface area (Å²) < 4.78 is 17.5. The van der Waals surface area contributed by atoms with Gasteiger partial charge in [0, 0.05) is 0 Å². The summed E-state index contributed by atoms with van der Waals surface area (Å²) in [5.74, 6) is 0.756. The molecule has 0 aliphatic rings. The highest BCUT2D eigenvalue weighted by atomic mass is 19.1. The normalized spacial score (nSPS) is 9.83. The van der Waals surface area contributed by atoms with Gasteiger partial charge in [-0.05, 0) is 24.1 Å². The Morgan fingerprint density at radius 3 is 2.92 bits per heavy atom. The average molecular weight is 168 g/mol. The Hall–Kier alpha value is -1.05. The molecule has 0 fully saturated rings. The molecule has 1 rings (SSSR count). The highest BCUT2D eigenvalue weighted by molar-refractivity contribution is 5.27. The molecule has 0 radical (unpaired) electrons. The monoisotopic (exact) mass is 168 g/mol. The molecule has 0 saturated heterocycles. The van der Waals surface area contributed by atoms with Gasteiger partial charge in [-0.25, -0.2) is 4.39 Å². The third-order valence-electron chi connectivity index (χ3n) is 1.53. The van der Waals surface area contributed by atoms with Crippen LogP contribution >= 0.6 is 0 Å². The third-order valence-corrected chi connectivity index (χ3v) is 1.53. The van der Waals surface area contributed by atoms with E-state index in [-0.39, 0.29) is 0 Å². The summed E-state index contributed by atoms with van der Waals surface area (Å²) >= 11 is 0. The first-order chi connectivity index (χ1) is 5.86. The number of ether oxygens (including phenoxy) is 1. The molecule has 0 heterocycles. The van der Waals surface area contributed by atoms with Gasteiger partial charge in [-0.3, -0.25) is 0 Å². The predicted octanol–water partition coefficient (Wildman–Crippen LogP) is 2.94. The lowest BCUT2D eigenvalue weighted by atomic mass is 10.2. The first kappa shape index (κ1) is 9.04. The van der Waals surface area contributed by atoms with Crippen LogP contribution in [-0.2, 0) is 6.67 Å². The van der Waals surface area contributed by atoms with Gasteiger partial charge in [-0.2, -0.15) is 0 Å². The Balaban J connectivity index is 2.60. The summed E-state index contributed by atoms with van der Waals surface area (Å²) in [7, 11) is 0. The molecule has 1 aromatic carbocycles. The Kier molecular flexibility index (Phi) is 3.58. The molecule has 12 heavy (non-hydrogen) atoms. The van der Waals surface area contributed by atoms with Gasteiger partial charge >= 0.3 is 0 Å². The number of alkyl halides is 1. The van der Waals surface area contributed by atoms with Gasteiger partial charge in [-0.1, -0.05) is 19.1 Å². The summed E-state index contributed by atoms with van der Waals surface area (Å²) in [4.78, 5) is 0. The molecule has 1 nitrogen and oxygen atoms in total. The van der Waals surface area contributed by atoms with E-state index < -0.39 is 6.67 Å². The molecule has 66 valence electrons. The van der Waals surface area contributed by atoms with Gasteiger partial charge in [-0.15, -0.1) is 0 Å². The van der Waals surface area contributed by atoms with E-state index in [2.05, 4.69) is 0 Å². The zero-order chi connectivity index (χ0) is 8.81.